The molecule has 9 nitrogen and oxygen atoms in total. The fraction of sp³-hybridized carbons (Fsp3) is 0.219. The second-order valence-electron chi connectivity index (χ2n) is 9.39. The molecule has 0 amide bonds. The van der Waals surface area contributed by atoms with E-state index in [1.165, 1.54) is 11.3 Å². The van der Waals surface area contributed by atoms with Crippen molar-refractivity contribution in [3.05, 3.63) is 109 Å². The van der Waals surface area contributed by atoms with Crippen molar-refractivity contribution >= 4 is 29.1 Å². The highest BCUT2D eigenvalue weighted by atomic mass is 32.1. The van der Waals surface area contributed by atoms with Gasteiger partial charge >= 0.3 is 5.97 Å². The molecule has 10 heteroatoms. The van der Waals surface area contributed by atoms with E-state index in [-0.39, 0.29) is 24.5 Å². The fourth-order valence-corrected chi connectivity index (χ4v) is 6.04. The van der Waals surface area contributed by atoms with Crippen molar-refractivity contribution in [2.45, 2.75) is 19.9 Å². The van der Waals surface area contributed by atoms with Crippen LogP contribution in [0.4, 0.5) is 0 Å². The maximum Gasteiger partial charge on any atom is 0.338 e. The molecule has 0 fully saturated rings. The lowest BCUT2D eigenvalue weighted by Gasteiger charge is -2.26. The average molecular weight is 585 g/mol. The van der Waals surface area contributed by atoms with Gasteiger partial charge in [0.1, 0.15) is 0 Å². The van der Waals surface area contributed by atoms with Crippen LogP contribution >= 0.6 is 11.3 Å². The molecule has 0 unspecified atom stereocenters. The van der Waals surface area contributed by atoms with Gasteiger partial charge in [0.05, 0.1) is 42.2 Å². The van der Waals surface area contributed by atoms with E-state index in [0.29, 0.717) is 50.2 Å². The number of methoxy groups -OCH3 is 1. The molecule has 3 aromatic carbocycles. The van der Waals surface area contributed by atoms with Gasteiger partial charge in [-0.05, 0) is 55.3 Å². The van der Waals surface area contributed by atoms with Crippen LogP contribution in [-0.2, 0) is 9.53 Å². The van der Waals surface area contributed by atoms with Gasteiger partial charge in [0, 0.05) is 5.56 Å². The number of carbonyl (C=O) groups excluding carboxylic acids is 1. The zero-order valence-electron chi connectivity index (χ0n) is 23.3. The number of hydrogen-bond donors (Lipinski definition) is 0. The quantitative estimate of drug-likeness (QED) is 0.288. The molecule has 1 atom stereocenters. The van der Waals surface area contributed by atoms with E-state index in [1.54, 1.807) is 36.8 Å². The van der Waals surface area contributed by atoms with Crippen molar-refractivity contribution in [1.82, 2.24) is 4.57 Å². The molecule has 0 radical (unpaired) electrons. The van der Waals surface area contributed by atoms with Gasteiger partial charge in [-0.2, -0.15) is 0 Å². The van der Waals surface area contributed by atoms with Gasteiger partial charge < -0.3 is 23.7 Å². The van der Waals surface area contributed by atoms with Crippen LogP contribution < -0.4 is 33.8 Å². The molecule has 0 spiro atoms. The lowest BCUT2D eigenvalue weighted by molar-refractivity contribution is -0.138. The Morgan fingerprint density at radius 1 is 1.02 bits per heavy atom. The zero-order valence-corrected chi connectivity index (χ0v) is 24.1. The standard InChI is InChI=1S/C32H28N2O7S/c1-4-38-22-13-11-19(15-24(22)37-3)16-26-30(35)34-29(21-12-14-23-25(17-21)41-18-40-23)27(31(36)39-5-2)28(33-32(34)42-26)20-9-7-6-8-10-20/h6-17,29H,4-5,18H2,1-3H3/t29-/m1/s1. The molecule has 0 N–H and O–H groups in total. The van der Waals surface area contributed by atoms with Crippen LogP contribution in [0.3, 0.4) is 0 Å². The number of ether oxygens (including phenoxy) is 5. The van der Waals surface area contributed by atoms with Crippen LogP contribution in [0.25, 0.3) is 11.8 Å². The first-order chi connectivity index (χ1) is 20.5. The van der Waals surface area contributed by atoms with E-state index in [2.05, 4.69) is 0 Å². The topological polar surface area (TPSA) is 97.6 Å². The zero-order chi connectivity index (χ0) is 29.2. The van der Waals surface area contributed by atoms with Crippen LogP contribution in [0.5, 0.6) is 23.0 Å². The van der Waals surface area contributed by atoms with Crippen molar-refractivity contribution in [3.63, 3.8) is 0 Å². The third-order valence-corrected chi connectivity index (χ3v) is 7.85. The van der Waals surface area contributed by atoms with Gasteiger partial charge in [0.25, 0.3) is 5.56 Å². The largest absolute Gasteiger partial charge is 0.493 e. The lowest BCUT2D eigenvalue weighted by Crippen LogP contribution is -2.40. The summed E-state index contributed by atoms with van der Waals surface area (Å²) in [4.78, 5) is 33.1. The van der Waals surface area contributed by atoms with Gasteiger partial charge in [0.15, 0.2) is 27.8 Å². The Balaban J connectivity index is 1.60. The molecule has 0 saturated carbocycles. The molecule has 0 saturated heterocycles. The van der Waals surface area contributed by atoms with Crippen LogP contribution in [-0.4, -0.2) is 37.7 Å². The first-order valence-electron chi connectivity index (χ1n) is 13.5. The Morgan fingerprint density at radius 3 is 2.60 bits per heavy atom. The van der Waals surface area contributed by atoms with Crippen molar-refractivity contribution < 1.29 is 28.5 Å². The summed E-state index contributed by atoms with van der Waals surface area (Å²) in [6.07, 6.45) is 1.79. The maximum atomic E-state index is 14.1. The number of thiazole rings is 1. The summed E-state index contributed by atoms with van der Waals surface area (Å²) in [6.45, 7) is 4.42. The van der Waals surface area contributed by atoms with Crippen molar-refractivity contribution in [2.75, 3.05) is 27.1 Å². The number of carbonyl (C=O) groups is 1. The van der Waals surface area contributed by atoms with Crippen molar-refractivity contribution in [2.24, 2.45) is 4.99 Å². The summed E-state index contributed by atoms with van der Waals surface area (Å²) in [5, 5.41) is 0. The molecule has 6 rings (SSSR count). The SMILES string of the molecule is CCOC(=O)C1=C(c2ccccc2)N=c2sc(=Cc3ccc(OCC)c(OC)c3)c(=O)n2[C@@H]1c1ccc2c(c1)OCO2. The second kappa shape index (κ2) is 11.6. The summed E-state index contributed by atoms with van der Waals surface area (Å²) in [6, 6.07) is 19.5. The maximum absolute atomic E-state index is 14.1. The van der Waals surface area contributed by atoms with Crippen LogP contribution in [0, 0.1) is 0 Å². The summed E-state index contributed by atoms with van der Waals surface area (Å²) < 4.78 is 29.8. The number of benzene rings is 3. The molecular formula is C32H28N2O7S. The molecule has 1 aromatic heterocycles. The highest BCUT2D eigenvalue weighted by molar-refractivity contribution is 7.07. The van der Waals surface area contributed by atoms with Crippen LogP contribution in [0.2, 0.25) is 0 Å². The number of hydrogen-bond acceptors (Lipinski definition) is 9. The number of nitrogens with zero attached hydrogens (tertiary/aromatic N) is 2. The molecule has 0 aliphatic carbocycles. The summed E-state index contributed by atoms with van der Waals surface area (Å²) in [7, 11) is 1.57. The normalized spacial score (nSPS) is 15.7. The van der Waals surface area contributed by atoms with E-state index in [0.717, 1.165) is 11.1 Å². The number of esters is 1. The van der Waals surface area contributed by atoms with Gasteiger partial charge in [-0.1, -0.05) is 53.8 Å². The van der Waals surface area contributed by atoms with E-state index in [4.69, 9.17) is 28.7 Å². The Kier molecular flexibility index (Phi) is 7.54. The Labute approximate surface area is 245 Å². The van der Waals surface area contributed by atoms with Gasteiger partial charge in [-0.15, -0.1) is 0 Å². The summed E-state index contributed by atoms with van der Waals surface area (Å²) in [5.74, 6) is 1.77. The van der Waals surface area contributed by atoms with E-state index < -0.39 is 12.0 Å². The third-order valence-electron chi connectivity index (χ3n) is 6.87. The van der Waals surface area contributed by atoms with Gasteiger partial charge in [-0.3, -0.25) is 9.36 Å². The summed E-state index contributed by atoms with van der Waals surface area (Å²) in [5.41, 5.74) is 2.59. The molecule has 0 bridgehead atoms. The minimum absolute atomic E-state index is 0.100. The molecule has 3 heterocycles. The molecule has 4 aromatic rings. The third kappa shape index (κ3) is 4.94. The molecule has 42 heavy (non-hydrogen) atoms. The predicted octanol–water partition coefficient (Wildman–Crippen LogP) is 4.07. The predicted molar refractivity (Wildman–Crippen MR) is 158 cm³/mol. The second-order valence-corrected chi connectivity index (χ2v) is 10.4. The van der Waals surface area contributed by atoms with Crippen molar-refractivity contribution in [1.29, 1.82) is 0 Å². The monoisotopic (exact) mass is 584 g/mol. The first kappa shape index (κ1) is 27.3. The molecule has 2 aliphatic heterocycles. The fourth-order valence-electron chi connectivity index (χ4n) is 5.04. The van der Waals surface area contributed by atoms with E-state index >= 15 is 0 Å². The molecule has 214 valence electrons. The van der Waals surface area contributed by atoms with Crippen LogP contribution in [0.1, 0.15) is 36.6 Å². The van der Waals surface area contributed by atoms with E-state index in [1.807, 2.05) is 61.5 Å². The smallest absolute Gasteiger partial charge is 0.338 e. The van der Waals surface area contributed by atoms with Gasteiger partial charge in [-0.25, -0.2) is 9.79 Å². The Morgan fingerprint density at radius 2 is 1.83 bits per heavy atom. The number of rotatable bonds is 8. The lowest BCUT2D eigenvalue weighted by atomic mass is 9.93. The minimum Gasteiger partial charge on any atom is -0.493 e. The Bertz CT molecular complexity index is 1870. The highest BCUT2D eigenvalue weighted by Crippen LogP contribution is 2.40. The minimum atomic E-state index is -0.818. The summed E-state index contributed by atoms with van der Waals surface area (Å²) >= 11 is 1.25. The highest BCUT2D eigenvalue weighted by Gasteiger charge is 2.36. The number of fused-ring (bicyclic) bond motifs is 2. The van der Waals surface area contributed by atoms with Crippen molar-refractivity contribution in [3.8, 4) is 23.0 Å². The average Bonchev–Trinajstić information content (AvgIpc) is 3.61. The van der Waals surface area contributed by atoms with Crippen LogP contribution in [0.15, 0.2) is 82.1 Å². The van der Waals surface area contributed by atoms with E-state index in [9.17, 15) is 9.59 Å². The Hall–Kier alpha value is -4.83. The van der Waals surface area contributed by atoms with Gasteiger partial charge in [0.2, 0.25) is 6.79 Å². The molecule has 2 aliphatic rings. The first-order valence-corrected chi connectivity index (χ1v) is 14.3. The number of aromatic nitrogens is 1. The molecular weight excluding hydrogens is 556 g/mol.